The highest BCUT2D eigenvalue weighted by atomic mass is 19.1. The Morgan fingerprint density at radius 1 is 1.26 bits per heavy atom. The molecule has 0 atom stereocenters. The zero-order valence-electron chi connectivity index (χ0n) is 13.5. The summed E-state index contributed by atoms with van der Waals surface area (Å²) in [6.45, 7) is 7.22. The predicted octanol–water partition coefficient (Wildman–Crippen LogP) is 1.82. The lowest BCUT2D eigenvalue weighted by Crippen LogP contribution is -2.41. The molecular weight excluding hydrogens is 308 g/mol. The first kappa shape index (κ1) is 17.4. The lowest BCUT2D eigenvalue weighted by Gasteiger charge is -2.32. The van der Waals surface area contributed by atoms with Gasteiger partial charge in [-0.2, -0.15) is 0 Å². The molecule has 0 radical (unpaired) electrons. The van der Waals surface area contributed by atoms with Crippen LogP contribution >= 0.6 is 0 Å². The molecular formula is C14H17BFNO6. The Morgan fingerprint density at radius 2 is 1.78 bits per heavy atom. The van der Waals surface area contributed by atoms with Crippen molar-refractivity contribution in [2.45, 2.75) is 38.9 Å². The Labute approximate surface area is 133 Å². The smallest absolute Gasteiger partial charge is 0.465 e. The number of rotatable bonds is 3. The van der Waals surface area contributed by atoms with Crippen LogP contribution in [-0.2, 0) is 14.0 Å². The van der Waals surface area contributed by atoms with Crippen molar-refractivity contribution < 1.29 is 28.2 Å². The SMILES string of the molecule is COC(=O)c1c(F)cc(B2OC(C)(C)C(C)(C)O2)cc1[N+](=O)[O-]. The second-order valence-corrected chi connectivity index (χ2v) is 6.23. The molecule has 1 aromatic carbocycles. The highest BCUT2D eigenvalue weighted by molar-refractivity contribution is 6.62. The van der Waals surface area contributed by atoms with Gasteiger partial charge in [0.05, 0.1) is 23.2 Å². The fourth-order valence-corrected chi connectivity index (χ4v) is 2.18. The number of nitro benzene ring substituents is 1. The zero-order chi connectivity index (χ0) is 17.6. The maximum Gasteiger partial charge on any atom is 0.495 e. The molecule has 0 N–H and O–H groups in total. The molecule has 7 nitrogen and oxygen atoms in total. The third-order valence-electron chi connectivity index (χ3n) is 4.20. The summed E-state index contributed by atoms with van der Waals surface area (Å²) in [4.78, 5) is 21.9. The molecule has 0 aromatic heterocycles. The number of ether oxygens (including phenoxy) is 1. The van der Waals surface area contributed by atoms with Crippen LogP contribution in [0.1, 0.15) is 38.1 Å². The van der Waals surface area contributed by atoms with Crippen molar-refractivity contribution in [3.63, 3.8) is 0 Å². The van der Waals surface area contributed by atoms with Gasteiger partial charge in [0.1, 0.15) is 5.82 Å². The molecule has 1 aliphatic heterocycles. The van der Waals surface area contributed by atoms with Gasteiger partial charge >= 0.3 is 13.1 Å². The van der Waals surface area contributed by atoms with Gasteiger partial charge in [0, 0.05) is 6.07 Å². The summed E-state index contributed by atoms with van der Waals surface area (Å²) in [7, 11) is 0.0492. The fourth-order valence-electron chi connectivity index (χ4n) is 2.18. The van der Waals surface area contributed by atoms with Gasteiger partial charge in [-0.25, -0.2) is 9.18 Å². The molecule has 0 unspecified atom stereocenters. The number of carbonyl (C=O) groups is 1. The Bertz CT molecular complexity index is 659. The molecule has 9 heteroatoms. The van der Waals surface area contributed by atoms with E-state index in [2.05, 4.69) is 4.74 Å². The van der Waals surface area contributed by atoms with Crippen LogP contribution in [0, 0.1) is 15.9 Å². The molecule has 0 aliphatic carbocycles. The van der Waals surface area contributed by atoms with Gasteiger partial charge in [0.15, 0.2) is 5.56 Å². The van der Waals surface area contributed by atoms with Crippen molar-refractivity contribution in [2.24, 2.45) is 0 Å². The van der Waals surface area contributed by atoms with Crippen molar-refractivity contribution in [1.29, 1.82) is 0 Å². The largest absolute Gasteiger partial charge is 0.495 e. The van der Waals surface area contributed by atoms with Gasteiger partial charge < -0.3 is 14.0 Å². The lowest BCUT2D eigenvalue weighted by atomic mass is 9.78. The third kappa shape index (κ3) is 2.94. The van der Waals surface area contributed by atoms with Crippen molar-refractivity contribution in [2.75, 3.05) is 7.11 Å². The standard InChI is InChI=1S/C14H17BFNO6/c1-13(2)14(3,4)23-15(22-13)8-6-9(16)11(12(18)21-5)10(7-8)17(19)20/h6-7H,1-5H3. The van der Waals surface area contributed by atoms with E-state index in [0.717, 1.165) is 19.2 Å². The van der Waals surface area contributed by atoms with Crippen LogP contribution in [0.2, 0.25) is 0 Å². The number of nitrogens with zero attached hydrogens (tertiary/aromatic N) is 1. The van der Waals surface area contributed by atoms with Crippen LogP contribution in [-0.4, -0.2) is 36.3 Å². The number of benzene rings is 1. The molecule has 124 valence electrons. The van der Waals surface area contributed by atoms with Crippen molar-refractivity contribution in [3.8, 4) is 0 Å². The summed E-state index contributed by atoms with van der Waals surface area (Å²) in [5.41, 5.74) is -2.65. The van der Waals surface area contributed by atoms with E-state index in [4.69, 9.17) is 9.31 Å². The van der Waals surface area contributed by atoms with Crippen LogP contribution < -0.4 is 5.46 Å². The highest BCUT2D eigenvalue weighted by Crippen LogP contribution is 2.37. The van der Waals surface area contributed by atoms with E-state index in [9.17, 15) is 19.3 Å². The zero-order valence-corrected chi connectivity index (χ0v) is 13.5. The van der Waals surface area contributed by atoms with E-state index in [-0.39, 0.29) is 5.46 Å². The maximum absolute atomic E-state index is 14.2. The number of esters is 1. The van der Waals surface area contributed by atoms with E-state index < -0.39 is 46.3 Å². The molecule has 0 amide bonds. The minimum absolute atomic E-state index is 0.125. The number of halogens is 1. The Morgan fingerprint density at radius 3 is 2.22 bits per heavy atom. The van der Waals surface area contributed by atoms with Crippen molar-refractivity contribution in [1.82, 2.24) is 0 Å². The quantitative estimate of drug-likeness (QED) is 0.365. The van der Waals surface area contributed by atoms with E-state index in [1.54, 1.807) is 27.7 Å². The molecule has 0 bridgehead atoms. The molecule has 1 aromatic rings. The summed E-state index contributed by atoms with van der Waals surface area (Å²) in [6, 6.07) is 2.05. The van der Waals surface area contributed by atoms with Gasteiger partial charge in [-0.15, -0.1) is 0 Å². The summed E-state index contributed by atoms with van der Waals surface area (Å²) in [5.74, 6) is -2.18. The summed E-state index contributed by atoms with van der Waals surface area (Å²) < 4.78 is 30.1. The third-order valence-corrected chi connectivity index (χ3v) is 4.20. The van der Waals surface area contributed by atoms with Crippen LogP contribution in [0.15, 0.2) is 12.1 Å². The molecule has 23 heavy (non-hydrogen) atoms. The Balaban J connectivity index is 2.51. The summed E-state index contributed by atoms with van der Waals surface area (Å²) in [5, 5.41) is 11.2. The van der Waals surface area contributed by atoms with E-state index in [0.29, 0.717) is 0 Å². The summed E-state index contributed by atoms with van der Waals surface area (Å²) >= 11 is 0. The maximum atomic E-state index is 14.2. The first-order valence-corrected chi connectivity index (χ1v) is 6.92. The van der Waals surface area contributed by atoms with Gasteiger partial charge in [0.25, 0.3) is 5.69 Å². The number of nitro groups is 1. The molecule has 1 saturated heterocycles. The predicted molar refractivity (Wildman–Crippen MR) is 80.1 cm³/mol. The van der Waals surface area contributed by atoms with Crippen LogP contribution in [0.25, 0.3) is 0 Å². The number of hydrogen-bond acceptors (Lipinski definition) is 6. The number of carbonyl (C=O) groups excluding carboxylic acids is 1. The monoisotopic (exact) mass is 325 g/mol. The second-order valence-electron chi connectivity index (χ2n) is 6.23. The average molecular weight is 325 g/mol. The van der Waals surface area contributed by atoms with Crippen LogP contribution in [0.3, 0.4) is 0 Å². The van der Waals surface area contributed by atoms with Gasteiger partial charge in [0.2, 0.25) is 0 Å². The van der Waals surface area contributed by atoms with Gasteiger partial charge in [-0.05, 0) is 39.2 Å². The average Bonchev–Trinajstić information content (AvgIpc) is 2.65. The minimum Gasteiger partial charge on any atom is -0.465 e. The van der Waals surface area contributed by atoms with E-state index >= 15 is 0 Å². The minimum atomic E-state index is -1.12. The van der Waals surface area contributed by atoms with Crippen molar-refractivity contribution >= 4 is 24.2 Å². The lowest BCUT2D eigenvalue weighted by molar-refractivity contribution is -0.385. The van der Waals surface area contributed by atoms with Crippen LogP contribution in [0.5, 0.6) is 0 Å². The molecule has 1 fully saturated rings. The molecule has 2 rings (SSSR count). The molecule has 0 spiro atoms. The summed E-state index contributed by atoms with van der Waals surface area (Å²) in [6.07, 6.45) is 0. The fraction of sp³-hybridized carbons (Fsp3) is 0.500. The normalized spacial score (nSPS) is 18.8. The highest BCUT2D eigenvalue weighted by Gasteiger charge is 2.52. The first-order chi connectivity index (χ1) is 10.5. The first-order valence-electron chi connectivity index (χ1n) is 6.92. The van der Waals surface area contributed by atoms with E-state index in [1.807, 2.05) is 0 Å². The molecule has 1 aliphatic rings. The molecule has 0 saturated carbocycles. The van der Waals surface area contributed by atoms with Crippen molar-refractivity contribution in [3.05, 3.63) is 33.6 Å². The number of methoxy groups -OCH3 is 1. The van der Waals surface area contributed by atoms with Crippen LogP contribution in [0.4, 0.5) is 10.1 Å². The second kappa shape index (κ2) is 5.57. The Hall–Kier alpha value is -2.00. The van der Waals surface area contributed by atoms with Gasteiger partial charge in [-0.3, -0.25) is 10.1 Å². The van der Waals surface area contributed by atoms with Gasteiger partial charge in [-0.1, -0.05) is 0 Å². The topological polar surface area (TPSA) is 87.9 Å². The number of hydrogen-bond donors (Lipinski definition) is 0. The van der Waals surface area contributed by atoms with E-state index in [1.165, 1.54) is 0 Å². The Kier molecular flexibility index (Phi) is 4.21. The molecule has 1 heterocycles.